The van der Waals surface area contributed by atoms with Crippen LogP contribution in [0.15, 0.2) is 18.2 Å². The van der Waals surface area contributed by atoms with Gasteiger partial charge in [0.25, 0.3) is 5.91 Å². The molecule has 2 N–H and O–H groups in total. The van der Waals surface area contributed by atoms with Gasteiger partial charge in [-0.05, 0) is 19.1 Å². The highest BCUT2D eigenvalue weighted by molar-refractivity contribution is 6.04. The van der Waals surface area contributed by atoms with Gasteiger partial charge in [0.15, 0.2) is 5.60 Å². The minimum Gasteiger partial charge on any atom is -0.497 e. The van der Waals surface area contributed by atoms with Crippen molar-refractivity contribution < 1.29 is 14.6 Å². The van der Waals surface area contributed by atoms with E-state index in [1.165, 1.54) is 6.92 Å². The maximum Gasteiger partial charge on any atom is 0.260 e. The first-order valence-corrected chi connectivity index (χ1v) is 4.28. The number of fused-ring (bicyclic) bond motifs is 1. The molecule has 4 heteroatoms. The summed E-state index contributed by atoms with van der Waals surface area (Å²) < 4.78 is 5.01. The van der Waals surface area contributed by atoms with Crippen LogP contribution in [0.1, 0.15) is 12.5 Å². The highest BCUT2D eigenvalue weighted by Crippen LogP contribution is 2.37. The van der Waals surface area contributed by atoms with Gasteiger partial charge in [0.1, 0.15) is 5.75 Å². The Bertz CT molecular complexity index is 398. The van der Waals surface area contributed by atoms with Crippen molar-refractivity contribution in [3.8, 4) is 5.75 Å². The Morgan fingerprint density at radius 2 is 2.21 bits per heavy atom. The van der Waals surface area contributed by atoms with Crippen LogP contribution in [0.3, 0.4) is 0 Å². The van der Waals surface area contributed by atoms with E-state index in [2.05, 4.69) is 5.32 Å². The number of hydrogen-bond acceptors (Lipinski definition) is 3. The largest absolute Gasteiger partial charge is 0.497 e. The van der Waals surface area contributed by atoms with Crippen molar-refractivity contribution >= 4 is 11.6 Å². The summed E-state index contributed by atoms with van der Waals surface area (Å²) in [5.41, 5.74) is -0.232. The van der Waals surface area contributed by atoms with Crippen molar-refractivity contribution in [1.82, 2.24) is 0 Å². The second-order valence-electron chi connectivity index (χ2n) is 3.44. The van der Waals surface area contributed by atoms with E-state index in [0.717, 1.165) is 0 Å². The third kappa shape index (κ3) is 1.08. The molecule has 1 aromatic carbocycles. The van der Waals surface area contributed by atoms with Crippen LogP contribution in [-0.4, -0.2) is 18.1 Å². The zero-order valence-corrected chi connectivity index (χ0v) is 8.00. The maximum absolute atomic E-state index is 11.4. The summed E-state index contributed by atoms with van der Waals surface area (Å²) in [5.74, 6) is 0.252. The molecule has 0 spiro atoms. The summed E-state index contributed by atoms with van der Waals surface area (Å²) in [6.07, 6.45) is 0. The number of nitrogens with one attached hydrogen (secondary N) is 1. The highest BCUT2D eigenvalue weighted by Gasteiger charge is 2.40. The Balaban J connectivity index is 2.54. The molecular formula is C10H11NO3. The van der Waals surface area contributed by atoms with E-state index >= 15 is 0 Å². The molecule has 74 valence electrons. The van der Waals surface area contributed by atoms with Gasteiger partial charge in [-0.15, -0.1) is 0 Å². The van der Waals surface area contributed by atoms with Gasteiger partial charge in [-0.25, -0.2) is 0 Å². The van der Waals surface area contributed by atoms with Crippen LogP contribution in [-0.2, 0) is 10.4 Å². The Morgan fingerprint density at radius 3 is 2.86 bits per heavy atom. The number of benzene rings is 1. The molecule has 1 atom stereocenters. The first kappa shape index (κ1) is 9.02. The van der Waals surface area contributed by atoms with Gasteiger partial charge in [-0.1, -0.05) is 0 Å². The zero-order valence-electron chi connectivity index (χ0n) is 8.00. The SMILES string of the molecule is COc1ccc2c(c1)NC(=O)C2(C)O. The monoisotopic (exact) mass is 193 g/mol. The molecule has 1 aliphatic rings. The van der Waals surface area contributed by atoms with E-state index in [4.69, 9.17) is 4.74 Å². The molecule has 14 heavy (non-hydrogen) atoms. The average Bonchev–Trinajstić information content (AvgIpc) is 2.38. The first-order valence-electron chi connectivity index (χ1n) is 4.28. The number of rotatable bonds is 1. The number of hydrogen-bond donors (Lipinski definition) is 2. The third-order valence-corrected chi connectivity index (χ3v) is 2.44. The lowest BCUT2D eigenvalue weighted by Crippen LogP contribution is -2.30. The summed E-state index contributed by atoms with van der Waals surface area (Å²) >= 11 is 0. The first-order chi connectivity index (χ1) is 6.55. The van der Waals surface area contributed by atoms with Gasteiger partial charge in [0.2, 0.25) is 0 Å². The second kappa shape index (κ2) is 2.72. The van der Waals surface area contributed by atoms with Crippen LogP contribution in [0.2, 0.25) is 0 Å². The number of carbonyl (C=O) groups is 1. The topological polar surface area (TPSA) is 58.6 Å². The molecule has 1 aliphatic heterocycles. The Kier molecular flexibility index (Phi) is 1.75. The Labute approximate surface area is 81.5 Å². The molecule has 0 bridgehead atoms. The molecule has 1 heterocycles. The summed E-state index contributed by atoms with van der Waals surface area (Å²) in [6.45, 7) is 1.47. The zero-order chi connectivity index (χ0) is 10.3. The van der Waals surface area contributed by atoms with Gasteiger partial charge >= 0.3 is 0 Å². The lowest BCUT2D eigenvalue weighted by atomic mass is 9.98. The van der Waals surface area contributed by atoms with Crippen molar-refractivity contribution in [2.45, 2.75) is 12.5 Å². The van der Waals surface area contributed by atoms with Crippen LogP contribution >= 0.6 is 0 Å². The van der Waals surface area contributed by atoms with Crippen molar-refractivity contribution in [2.24, 2.45) is 0 Å². The van der Waals surface area contributed by atoms with Gasteiger partial charge < -0.3 is 15.2 Å². The van der Waals surface area contributed by atoms with Gasteiger partial charge in [-0.3, -0.25) is 4.79 Å². The fourth-order valence-corrected chi connectivity index (χ4v) is 1.54. The van der Waals surface area contributed by atoms with Crippen LogP contribution in [0, 0.1) is 0 Å². The fourth-order valence-electron chi connectivity index (χ4n) is 1.54. The summed E-state index contributed by atoms with van der Waals surface area (Å²) in [5, 5.41) is 12.4. The molecule has 0 saturated carbocycles. The molecule has 0 saturated heterocycles. The van der Waals surface area contributed by atoms with Crippen molar-refractivity contribution in [1.29, 1.82) is 0 Å². The van der Waals surface area contributed by atoms with E-state index in [-0.39, 0.29) is 0 Å². The van der Waals surface area contributed by atoms with Crippen LogP contribution in [0.5, 0.6) is 5.75 Å². The number of amides is 1. The van der Waals surface area contributed by atoms with Crippen molar-refractivity contribution in [3.63, 3.8) is 0 Å². The van der Waals surface area contributed by atoms with E-state index in [0.29, 0.717) is 17.0 Å². The third-order valence-electron chi connectivity index (χ3n) is 2.44. The van der Waals surface area contributed by atoms with Gasteiger partial charge in [0.05, 0.1) is 12.8 Å². The lowest BCUT2D eigenvalue weighted by molar-refractivity contribution is -0.131. The second-order valence-corrected chi connectivity index (χ2v) is 3.44. The molecule has 0 radical (unpaired) electrons. The molecule has 0 aromatic heterocycles. The van der Waals surface area contributed by atoms with Crippen molar-refractivity contribution in [2.75, 3.05) is 12.4 Å². The summed E-state index contributed by atoms with van der Waals surface area (Å²) in [6, 6.07) is 5.09. The average molecular weight is 193 g/mol. The number of methoxy groups -OCH3 is 1. The lowest BCUT2D eigenvalue weighted by Gasteiger charge is -2.13. The van der Waals surface area contributed by atoms with Crippen LogP contribution in [0.4, 0.5) is 5.69 Å². The quantitative estimate of drug-likeness (QED) is 0.695. The number of carbonyl (C=O) groups excluding carboxylic acids is 1. The molecule has 0 fully saturated rings. The Morgan fingerprint density at radius 1 is 1.50 bits per heavy atom. The maximum atomic E-state index is 11.4. The molecule has 0 aliphatic carbocycles. The minimum atomic E-state index is -1.43. The van der Waals surface area contributed by atoms with Gasteiger partial charge in [-0.2, -0.15) is 0 Å². The predicted molar refractivity (Wildman–Crippen MR) is 51.2 cm³/mol. The molecule has 4 nitrogen and oxygen atoms in total. The van der Waals surface area contributed by atoms with E-state index < -0.39 is 11.5 Å². The number of ether oxygens (including phenoxy) is 1. The van der Waals surface area contributed by atoms with E-state index in [1.807, 2.05) is 0 Å². The Hall–Kier alpha value is -1.55. The smallest absolute Gasteiger partial charge is 0.260 e. The van der Waals surface area contributed by atoms with Crippen LogP contribution < -0.4 is 10.1 Å². The number of anilines is 1. The molecule has 2 rings (SSSR count). The normalized spacial score (nSPS) is 24.4. The summed E-state index contributed by atoms with van der Waals surface area (Å²) in [4.78, 5) is 11.4. The summed E-state index contributed by atoms with van der Waals surface area (Å²) in [7, 11) is 1.55. The van der Waals surface area contributed by atoms with E-state index in [9.17, 15) is 9.90 Å². The molecule has 1 amide bonds. The minimum absolute atomic E-state index is 0.402. The van der Waals surface area contributed by atoms with Crippen molar-refractivity contribution in [3.05, 3.63) is 23.8 Å². The standard InChI is InChI=1S/C10H11NO3/c1-10(13)7-4-3-6(14-2)5-8(7)11-9(10)12/h3-5,13H,1-2H3,(H,11,12). The molecule has 1 aromatic rings. The van der Waals surface area contributed by atoms with E-state index in [1.54, 1.807) is 25.3 Å². The molecule has 1 unspecified atom stereocenters. The molecular weight excluding hydrogens is 182 g/mol. The van der Waals surface area contributed by atoms with Gasteiger partial charge in [0, 0.05) is 11.6 Å². The number of aliphatic hydroxyl groups is 1. The predicted octanol–water partition coefficient (Wildman–Crippen LogP) is 0.855. The highest BCUT2D eigenvalue weighted by atomic mass is 16.5. The van der Waals surface area contributed by atoms with Crippen LogP contribution in [0.25, 0.3) is 0 Å². The fraction of sp³-hybridized carbons (Fsp3) is 0.300.